The van der Waals surface area contributed by atoms with Gasteiger partial charge in [-0.05, 0) is 35.4 Å². The first kappa shape index (κ1) is 16.6. The molecule has 0 aliphatic heterocycles. The van der Waals surface area contributed by atoms with E-state index in [2.05, 4.69) is 5.32 Å². The minimum absolute atomic E-state index is 0.454. The number of aliphatic hydroxyl groups is 1. The summed E-state index contributed by atoms with van der Waals surface area (Å²) in [5.41, 5.74) is 1.89. The van der Waals surface area contributed by atoms with Crippen LogP contribution in [0.1, 0.15) is 17.2 Å². The van der Waals surface area contributed by atoms with E-state index in [1.54, 1.807) is 26.4 Å². The molecule has 0 unspecified atom stereocenters. The lowest BCUT2D eigenvalue weighted by Crippen LogP contribution is -2.21. The molecule has 0 aromatic heterocycles. The maximum atomic E-state index is 10.1. The lowest BCUT2D eigenvalue weighted by molar-refractivity contribution is 0.174. The molecule has 2 aromatic carbocycles. The molecule has 4 nitrogen and oxygen atoms in total. The Hall–Kier alpha value is -1.75. The van der Waals surface area contributed by atoms with Crippen LogP contribution in [0, 0.1) is 0 Å². The van der Waals surface area contributed by atoms with E-state index in [0.717, 1.165) is 11.1 Å². The van der Waals surface area contributed by atoms with Gasteiger partial charge in [0, 0.05) is 18.1 Å². The Bertz CT molecular complexity index is 601. The summed E-state index contributed by atoms with van der Waals surface area (Å²) in [6, 6.07) is 12.9. The molecule has 2 rings (SSSR count). The van der Waals surface area contributed by atoms with E-state index in [9.17, 15) is 5.11 Å². The van der Waals surface area contributed by atoms with Gasteiger partial charge in [-0.1, -0.05) is 29.8 Å². The quantitative estimate of drug-likeness (QED) is 0.822. The molecule has 0 aliphatic rings. The average Bonchev–Trinajstić information content (AvgIpc) is 2.55. The lowest BCUT2D eigenvalue weighted by atomic mass is 10.1. The Labute approximate surface area is 135 Å². The van der Waals surface area contributed by atoms with Crippen LogP contribution in [0.25, 0.3) is 0 Å². The van der Waals surface area contributed by atoms with E-state index < -0.39 is 6.10 Å². The summed E-state index contributed by atoms with van der Waals surface area (Å²) in [7, 11) is 3.22. The van der Waals surface area contributed by atoms with Crippen molar-refractivity contribution in [3.05, 3.63) is 58.6 Å². The Morgan fingerprint density at radius 3 is 2.36 bits per heavy atom. The second-order valence-electron chi connectivity index (χ2n) is 4.89. The fraction of sp³-hybridized carbons (Fsp3) is 0.294. The molecule has 0 bridgehead atoms. The molecule has 118 valence electrons. The number of halogens is 1. The predicted molar refractivity (Wildman–Crippen MR) is 87.7 cm³/mol. The van der Waals surface area contributed by atoms with Gasteiger partial charge in [0.05, 0.1) is 20.3 Å². The zero-order valence-corrected chi connectivity index (χ0v) is 13.4. The van der Waals surface area contributed by atoms with Crippen LogP contribution in [0.3, 0.4) is 0 Å². The maximum absolute atomic E-state index is 10.1. The first-order chi connectivity index (χ1) is 10.6. The van der Waals surface area contributed by atoms with E-state index in [1.165, 1.54) is 0 Å². The van der Waals surface area contributed by atoms with Crippen LogP contribution in [0.5, 0.6) is 11.5 Å². The molecule has 22 heavy (non-hydrogen) atoms. The van der Waals surface area contributed by atoms with Crippen LogP contribution in [0.2, 0.25) is 5.02 Å². The van der Waals surface area contributed by atoms with Crippen LogP contribution in [-0.2, 0) is 6.54 Å². The highest BCUT2D eigenvalue weighted by atomic mass is 35.5. The smallest absolute Gasteiger partial charge is 0.161 e. The zero-order chi connectivity index (χ0) is 15.9. The van der Waals surface area contributed by atoms with Crippen molar-refractivity contribution >= 4 is 11.6 Å². The van der Waals surface area contributed by atoms with Crippen molar-refractivity contribution in [1.29, 1.82) is 0 Å². The molecule has 0 aliphatic carbocycles. The first-order valence-electron chi connectivity index (χ1n) is 6.99. The number of aliphatic hydroxyl groups excluding tert-OH is 1. The van der Waals surface area contributed by atoms with Gasteiger partial charge in [0.15, 0.2) is 11.5 Å². The summed E-state index contributed by atoms with van der Waals surface area (Å²) >= 11 is 5.83. The SMILES string of the molecule is COc1ccc(CNC[C@@H](O)c2ccc(Cl)cc2)cc1OC. The minimum atomic E-state index is -0.572. The van der Waals surface area contributed by atoms with Gasteiger partial charge in [-0.15, -0.1) is 0 Å². The van der Waals surface area contributed by atoms with Crippen molar-refractivity contribution < 1.29 is 14.6 Å². The highest BCUT2D eigenvalue weighted by molar-refractivity contribution is 6.30. The van der Waals surface area contributed by atoms with Crippen molar-refractivity contribution in [3.63, 3.8) is 0 Å². The summed E-state index contributed by atoms with van der Waals surface area (Å²) in [5, 5.41) is 14.0. The summed E-state index contributed by atoms with van der Waals surface area (Å²) < 4.78 is 10.5. The van der Waals surface area contributed by atoms with E-state index >= 15 is 0 Å². The topological polar surface area (TPSA) is 50.7 Å². The third-order valence-electron chi connectivity index (χ3n) is 3.37. The molecule has 0 spiro atoms. The number of nitrogens with one attached hydrogen (secondary N) is 1. The summed E-state index contributed by atoms with van der Waals surface area (Å²) in [6.07, 6.45) is -0.572. The highest BCUT2D eigenvalue weighted by Crippen LogP contribution is 2.27. The molecule has 0 amide bonds. The van der Waals surface area contributed by atoms with E-state index in [0.29, 0.717) is 29.6 Å². The van der Waals surface area contributed by atoms with Gasteiger partial charge in [0.1, 0.15) is 0 Å². The van der Waals surface area contributed by atoms with Gasteiger partial charge in [-0.25, -0.2) is 0 Å². The molecule has 2 N–H and O–H groups in total. The fourth-order valence-electron chi connectivity index (χ4n) is 2.15. The normalized spacial score (nSPS) is 12.0. The third-order valence-corrected chi connectivity index (χ3v) is 3.62. The second-order valence-corrected chi connectivity index (χ2v) is 5.32. The number of ether oxygens (including phenoxy) is 2. The van der Waals surface area contributed by atoms with Gasteiger partial charge < -0.3 is 19.9 Å². The third kappa shape index (κ3) is 4.37. The minimum Gasteiger partial charge on any atom is -0.493 e. The molecule has 0 fully saturated rings. The molecule has 0 radical (unpaired) electrons. The van der Waals surface area contributed by atoms with Crippen molar-refractivity contribution in [1.82, 2.24) is 5.32 Å². The van der Waals surface area contributed by atoms with Crippen molar-refractivity contribution in [3.8, 4) is 11.5 Å². The van der Waals surface area contributed by atoms with Gasteiger partial charge in [-0.2, -0.15) is 0 Å². The predicted octanol–water partition coefficient (Wildman–Crippen LogP) is 3.18. The number of rotatable bonds is 7. The molecule has 2 aromatic rings. The van der Waals surface area contributed by atoms with Crippen molar-refractivity contribution in [2.45, 2.75) is 12.6 Å². The molecular weight excluding hydrogens is 302 g/mol. The Kier molecular flexibility index (Phi) is 6.07. The number of benzene rings is 2. The molecule has 0 saturated heterocycles. The average molecular weight is 322 g/mol. The Morgan fingerprint density at radius 2 is 1.73 bits per heavy atom. The lowest BCUT2D eigenvalue weighted by Gasteiger charge is -2.13. The monoisotopic (exact) mass is 321 g/mol. The summed E-state index contributed by atoms with van der Waals surface area (Å²) in [6.45, 7) is 1.08. The zero-order valence-electron chi connectivity index (χ0n) is 12.7. The van der Waals surface area contributed by atoms with Gasteiger partial charge >= 0.3 is 0 Å². The molecule has 5 heteroatoms. The van der Waals surface area contributed by atoms with Gasteiger partial charge in [-0.3, -0.25) is 0 Å². The van der Waals surface area contributed by atoms with Crippen molar-refractivity contribution in [2.24, 2.45) is 0 Å². The van der Waals surface area contributed by atoms with Crippen LogP contribution in [0.15, 0.2) is 42.5 Å². The van der Waals surface area contributed by atoms with Gasteiger partial charge in [0.2, 0.25) is 0 Å². The van der Waals surface area contributed by atoms with Crippen molar-refractivity contribution in [2.75, 3.05) is 20.8 Å². The fourth-order valence-corrected chi connectivity index (χ4v) is 2.27. The van der Waals surface area contributed by atoms with Crippen LogP contribution < -0.4 is 14.8 Å². The number of hydrogen-bond acceptors (Lipinski definition) is 4. The van der Waals surface area contributed by atoms with Crippen LogP contribution in [-0.4, -0.2) is 25.9 Å². The highest BCUT2D eigenvalue weighted by Gasteiger charge is 2.08. The molecule has 0 saturated carbocycles. The molecular formula is C17H20ClNO3. The second kappa shape index (κ2) is 8.03. The van der Waals surface area contributed by atoms with Gasteiger partial charge in [0.25, 0.3) is 0 Å². The maximum Gasteiger partial charge on any atom is 0.161 e. The van der Waals surface area contributed by atoms with E-state index in [4.69, 9.17) is 21.1 Å². The summed E-state index contributed by atoms with van der Waals surface area (Å²) in [5.74, 6) is 1.40. The summed E-state index contributed by atoms with van der Waals surface area (Å²) in [4.78, 5) is 0. The standard InChI is InChI=1S/C17H20ClNO3/c1-21-16-8-3-12(9-17(16)22-2)10-19-11-15(20)13-4-6-14(18)7-5-13/h3-9,15,19-20H,10-11H2,1-2H3/t15-/m1/s1. The first-order valence-corrected chi connectivity index (χ1v) is 7.37. The van der Waals surface area contributed by atoms with E-state index in [-0.39, 0.29) is 0 Å². The Balaban J connectivity index is 1.89. The molecule has 0 heterocycles. The van der Waals surface area contributed by atoms with Crippen LogP contribution >= 0.6 is 11.6 Å². The Morgan fingerprint density at radius 1 is 1.05 bits per heavy atom. The van der Waals surface area contributed by atoms with Crippen LogP contribution in [0.4, 0.5) is 0 Å². The van der Waals surface area contributed by atoms with E-state index in [1.807, 2.05) is 30.3 Å². The molecule has 1 atom stereocenters. The largest absolute Gasteiger partial charge is 0.493 e. The number of methoxy groups -OCH3 is 2. The number of hydrogen-bond donors (Lipinski definition) is 2.